The van der Waals surface area contributed by atoms with E-state index in [1.807, 2.05) is 24.4 Å². The van der Waals surface area contributed by atoms with E-state index in [1.165, 1.54) is 49.8 Å². The molecule has 0 fully saturated rings. The standard InChI is InChI=1S/C26H25FN2O2/c1-2-3-4-5-6-7-19-8-15-25(29-18-19)20-9-11-21(12-10-20)26(30)31-23-14-13-22(17-28)24(27)16-23/h8-16,18H,2-7H2,1H3. The van der Waals surface area contributed by atoms with Crippen LogP contribution in [0.4, 0.5) is 4.39 Å². The van der Waals surface area contributed by atoms with Gasteiger partial charge in [0.05, 0.1) is 16.8 Å². The van der Waals surface area contributed by atoms with E-state index in [1.54, 1.807) is 18.2 Å². The molecule has 158 valence electrons. The summed E-state index contributed by atoms with van der Waals surface area (Å²) in [5.41, 5.74) is 3.21. The topological polar surface area (TPSA) is 63.0 Å². The number of rotatable bonds is 9. The number of hydrogen-bond donors (Lipinski definition) is 0. The first kappa shape index (κ1) is 22.2. The zero-order valence-electron chi connectivity index (χ0n) is 17.6. The summed E-state index contributed by atoms with van der Waals surface area (Å²) >= 11 is 0. The van der Waals surface area contributed by atoms with Crippen molar-refractivity contribution in [2.75, 3.05) is 0 Å². The predicted octanol–water partition coefficient (Wildman–Crippen LogP) is 6.49. The molecule has 0 saturated carbocycles. The summed E-state index contributed by atoms with van der Waals surface area (Å²) in [5.74, 6) is -1.27. The number of aryl methyl sites for hydroxylation is 1. The van der Waals surface area contributed by atoms with Crippen LogP contribution in [0.1, 0.15) is 60.5 Å². The van der Waals surface area contributed by atoms with E-state index in [0.717, 1.165) is 23.7 Å². The number of benzene rings is 2. The maximum Gasteiger partial charge on any atom is 0.343 e. The Morgan fingerprint density at radius 2 is 1.81 bits per heavy atom. The molecule has 0 amide bonds. The fourth-order valence-corrected chi connectivity index (χ4v) is 3.27. The Hall–Kier alpha value is -3.52. The van der Waals surface area contributed by atoms with Gasteiger partial charge in [-0.05, 0) is 48.7 Å². The molecule has 0 spiro atoms. The summed E-state index contributed by atoms with van der Waals surface area (Å²) in [4.78, 5) is 16.9. The SMILES string of the molecule is CCCCCCCc1ccc(-c2ccc(C(=O)Oc3ccc(C#N)c(F)c3)cc2)nc1. The third-order valence-electron chi connectivity index (χ3n) is 5.08. The average molecular weight is 416 g/mol. The molecule has 3 rings (SSSR count). The first-order valence-electron chi connectivity index (χ1n) is 10.6. The summed E-state index contributed by atoms with van der Waals surface area (Å²) < 4.78 is 18.9. The molecule has 0 atom stereocenters. The van der Waals surface area contributed by atoms with Crippen LogP contribution in [0.15, 0.2) is 60.8 Å². The van der Waals surface area contributed by atoms with Crippen molar-refractivity contribution in [2.24, 2.45) is 0 Å². The number of unbranched alkanes of at least 4 members (excludes halogenated alkanes) is 4. The fraction of sp³-hybridized carbons (Fsp3) is 0.269. The van der Waals surface area contributed by atoms with Crippen LogP contribution in [0, 0.1) is 17.1 Å². The molecule has 5 heteroatoms. The van der Waals surface area contributed by atoms with Gasteiger partial charge in [0.2, 0.25) is 0 Å². The lowest BCUT2D eigenvalue weighted by atomic mass is 10.0. The van der Waals surface area contributed by atoms with Crippen LogP contribution in [0.5, 0.6) is 5.75 Å². The van der Waals surface area contributed by atoms with Crippen LogP contribution < -0.4 is 4.74 Å². The lowest BCUT2D eigenvalue weighted by Gasteiger charge is -2.07. The summed E-state index contributed by atoms with van der Waals surface area (Å²) in [6.07, 6.45) is 9.22. The van der Waals surface area contributed by atoms with Crippen molar-refractivity contribution >= 4 is 5.97 Å². The van der Waals surface area contributed by atoms with E-state index in [-0.39, 0.29) is 11.3 Å². The van der Waals surface area contributed by atoms with E-state index in [0.29, 0.717) is 5.56 Å². The number of aromatic nitrogens is 1. The van der Waals surface area contributed by atoms with Crippen LogP contribution in [0.2, 0.25) is 0 Å². The Morgan fingerprint density at radius 1 is 1.03 bits per heavy atom. The molecule has 2 aromatic carbocycles. The number of carbonyl (C=O) groups excluding carboxylic acids is 1. The van der Waals surface area contributed by atoms with Gasteiger partial charge in [-0.2, -0.15) is 5.26 Å². The zero-order valence-corrected chi connectivity index (χ0v) is 17.6. The number of nitrogens with zero attached hydrogens (tertiary/aromatic N) is 2. The quantitative estimate of drug-likeness (QED) is 0.227. The van der Waals surface area contributed by atoms with Crippen molar-refractivity contribution in [1.29, 1.82) is 5.26 Å². The highest BCUT2D eigenvalue weighted by atomic mass is 19.1. The van der Waals surface area contributed by atoms with Crippen molar-refractivity contribution in [2.45, 2.75) is 45.4 Å². The third kappa shape index (κ3) is 6.23. The lowest BCUT2D eigenvalue weighted by molar-refractivity contribution is 0.0734. The smallest absolute Gasteiger partial charge is 0.343 e. The second-order valence-electron chi connectivity index (χ2n) is 7.44. The molecule has 0 unspecified atom stereocenters. The van der Waals surface area contributed by atoms with Gasteiger partial charge in [0.15, 0.2) is 0 Å². The summed E-state index contributed by atoms with van der Waals surface area (Å²) in [6, 6.07) is 16.4. The molecule has 0 bridgehead atoms. The summed E-state index contributed by atoms with van der Waals surface area (Å²) in [5, 5.41) is 8.77. The second-order valence-corrected chi connectivity index (χ2v) is 7.44. The van der Waals surface area contributed by atoms with E-state index >= 15 is 0 Å². The number of nitriles is 1. The van der Waals surface area contributed by atoms with E-state index < -0.39 is 11.8 Å². The van der Waals surface area contributed by atoms with Crippen LogP contribution in [-0.4, -0.2) is 11.0 Å². The minimum absolute atomic E-state index is 0.0533. The van der Waals surface area contributed by atoms with Gasteiger partial charge in [0.25, 0.3) is 0 Å². The van der Waals surface area contributed by atoms with Gasteiger partial charge in [-0.1, -0.05) is 50.8 Å². The Labute approximate surface area is 182 Å². The molecule has 0 aliphatic heterocycles. The molecule has 4 nitrogen and oxygen atoms in total. The maximum absolute atomic E-state index is 13.7. The number of carbonyl (C=O) groups is 1. The third-order valence-corrected chi connectivity index (χ3v) is 5.08. The van der Waals surface area contributed by atoms with Gasteiger partial charge >= 0.3 is 5.97 Å². The monoisotopic (exact) mass is 416 g/mol. The Kier molecular flexibility index (Phi) is 7.89. The molecule has 0 N–H and O–H groups in total. The molecule has 0 aliphatic carbocycles. The minimum atomic E-state index is -0.723. The van der Waals surface area contributed by atoms with Gasteiger partial charge in [-0.15, -0.1) is 0 Å². The summed E-state index contributed by atoms with van der Waals surface area (Å²) in [6.45, 7) is 2.22. The van der Waals surface area contributed by atoms with Crippen LogP contribution in [-0.2, 0) is 6.42 Å². The van der Waals surface area contributed by atoms with E-state index in [9.17, 15) is 9.18 Å². The number of ether oxygens (including phenoxy) is 1. The number of halogens is 1. The molecule has 1 aromatic heterocycles. The van der Waals surface area contributed by atoms with Crippen molar-refractivity contribution in [1.82, 2.24) is 4.98 Å². The molecule has 3 aromatic rings. The zero-order chi connectivity index (χ0) is 22.1. The average Bonchev–Trinajstić information content (AvgIpc) is 2.79. The Bertz CT molecular complexity index is 1050. The minimum Gasteiger partial charge on any atom is -0.423 e. The summed E-state index contributed by atoms with van der Waals surface area (Å²) in [7, 11) is 0. The Balaban J connectivity index is 1.58. The van der Waals surface area contributed by atoms with Crippen LogP contribution in [0.25, 0.3) is 11.3 Å². The van der Waals surface area contributed by atoms with Crippen molar-refractivity contribution < 1.29 is 13.9 Å². The van der Waals surface area contributed by atoms with Crippen LogP contribution >= 0.6 is 0 Å². The highest BCUT2D eigenvalue weighted by molar-refractivity contribution is 5.91. The van der Waals surface area contributed by atoms with Gasteiger partial charge in [0, 0.05) is 17.8 Å². The molecule has 0 aliphatic rings. The van der Waals surface area contributed by atoms with Crippen molar-refractivity contribution in [3.8, 4) is 23.1 Å². The lowest BCUT2D eigenvalue weighted by Crippen LogP contribution is -2.08. The van der Waals surface area contributed by atoms with Crippen molar-refractivity contribution in [3.63, 3.8) is 0 Å². The molecule has 31 heavy (non-hydrogen) atoms. The van der Waals surface area contributed by atoms with E-state index in [2.05, 4.69) is 18.0 Å². The highest BCUT2D eigenvalue weighted by Crippen LogP contribution is 2.21. The number of esters is 1. The first-order valence-corrected chi connectivity index (χ1v) is 10.6. The molecule has 0 saturated heterocycles. The van der Waals surface area contributed by atoms with Crippen LogP contribution in [0.3, 0.4) is 0 Å². The molecule has 0 radical (unpaired) electrons. The van der Waals surface area contributed by atoms with Gasteiger partial charge < -0.3 is 4.74 Å². The van der Waals surface area contributed by atoms with Gasteiger partial charge in [0.1, 0.15) is 17.6 Å². The number of pyridine rings is 1. The predicted molar refractivity (Wildman–Crippen MR) is 118 cm³/mol. The van der Waals surface area contributed by atoms with Gasteiger partial charge in [-0.25, -0.2) is 9.18 Å². The van der Waals surface area contributed by atoms with E-state index in [4.69, 9.17) is 10.00 Å². The number of hydrogen-bond acceptors (Lipinski definition) is 4. The maximum atomic E-state index is 13.7. The largest absolute Gasteiger partial charge is 0.423 e. The van der Waals surface area contributed by atoms with Crippen molar-refractivity contribution in [3.05, 3.63) is 83.3 Å². The van der Waals surface area contributed by atoms with Gasteiger partial charge in [-0.3, -0.25) is 4.98 Å². The highest BCUT2D eigenvalue weighted by Gasteiger charge is 2.11. The first-order chi connectivity index (χ1) is 15.1. The normalized spacial score (nSPS) is 10.5. The molecular formula is C26H25FN2O2. The molecule has 1 heterocycles. The fourth-order valence-electron chi connectivity index (χ4n) is 3.27. The second kappa shape index (κ2) is 11.0. The Morgan fingerprint density at radius 3 is 2.45 bits per heavy atom. The molecular weight excluding hydrogens is 391 g/mol.